The summed E-state index contributed by atoms with van der Waals surface area (Å²) < 4.78 is 7.11. The second-order valence-electron chi connectivity index (χ2n) is 7.88. The molecular weight excluding hydrogens is 450 g/mol. The maximum atomic E-state index is 13.6. The van der Waals surface area contributed by atoms with Gasteiger partial charge < -0.3 is 9.84 Å². The van der Waals surface area contributed by atoms with E-state index in [2.05, 4.69) is 11.1 Å². The van der Waals surface area contributed by atoms with E-state index >= 15 is 0 Å². The van der Waals surface area contributed by atoms with E-state index in [9.17, 15) is 30.0 Å². The quantitative estimate of drug-likeness (QED) is 0.438. The SMILES string of the molecule is CC(=O)OCCn1c(O)c(/C=c2/c(C)c(C#N)c3nc4ccccc4n3c2=O)c(C)c(C#N)c1=O. The molecule has 0 aliphatic heterocycles. The van der Waals surface area contributed by atoms with Crippen LogP contribution in [0.25, 0.3) is 22.8 Å². The zero-order valence-electron chi connectivity index (χ0n) is 19.1. The van der Waals surface area contributed by atoms with Crippen LogP contribution in [0.3, 0.4) is 0 Å². The van der Waals surface area contributed by atoms with E-state index in [0.29, 0.717) is 16.6 Å². The average molecular weight is 469 g/mol. The van der Waals surface area contributed by atoms with Gasteiger partial charge in [-0.15, -0.1) is 0 Å². The van der Waals surface area contributed by atoms with Crippen molar-refractivity contribution in [2.24, 2.45) is 0 Å². The average Bonchev–Trinajstić information content (AvgIpc) is 3.20. The molecule has 0 amide bonds. The molecule has 0 saturated carbocycles. The fraction of sp³-hybridized carbons (Fsp3) is 0.200. The summed E-state index contributed by atoms with van der Waals surface area (Å²) in [6, 6.07) is 10.9. The molecular formula is C25H19N5O5. The first kappa shape index (κ1) is 23.2. The lowest BCUT2D eigenvalue weighted by Crippen LogP contribution is -2.34. The lowest BCUT2D eigenvalue weighted by molar-refractivity contribution is -0.141. The highest BCUT2D eigenvalue weighted by Gasteiger charge is 2.20. The Balaban J connectivity index is 2.10. The zero-order valence-corrected chi connectivity index (χ0v) is 19.1. The number of para-hydroxylation sites is 2. The number of hydrogen-bond acceptors (Lipinski definition) is 8. The molecule has 0 spiro atoms. The van der Waals surface area contributed by atoms with E-state index in [-0.39, 0.29) is 46.3 Å². The van der Waals surface area contributed by atoms with Gasteiger partial charge in [0.2, 0.25) is 5.88 Å². The monoisotopic (exact) mass is 469 g/mol. The highest BCUT2D eigenvalue weighted by atomic mass is 16.5. The summed E-state index contributed by atoms with van der Waals surface area (Å²) in [5, 5.41) is 30.5. The predicted octanol–water partition coefficient (Wildman–Crippen LogP) is 1.19. The van der Waals surface area contributed by atoms with Crippen LogP contribution in [0.1, 0.15) is 34.7 Å². The lowest BCUT2D eigenvalue weighted by atomic mass is 10.0. The molecule has 4 aromatic rings. The standard InChI is InChI=1S/C25H19N5O5/c1-13-17(25(34)30-21-7-5-4-6-20(21)28-22(30)18(13)11-26)10-16-14(2)19(12-27)24(33)29(23(16)32)8-9-35-15(3)31/h4-7,10,32H,8-9H2,1-3H3/b17-10-. The number of carbonyl (C=O) groups is 1. The van der Waals surface area contributed by atoms with Gasteiger partial charge in [0.05, 0.1) is 23.1 Å². The van der Waals surface area contributed by atoms with Crippen molar-refractivity contribution >= 4 is 28.7 Å². The Labute approximate surface area is 198 Å². The maximum absolute atomic E-state index is 13.6. The number of aromatic hydroxyl groups is 1. The molecule has 0 bridgehead atoms. The molecule has 3 heterocycles. The van der Waals surface area contributed by atoms with Gasteiger partial charge in [0.15, 0.2) is 5.65 Å². The number of ether oxygens (including phenoxy) is 1. The third kappa shape index (κ3) is 3.67. The number of imidazole rings is 1. The molecule has 0 unspecified atom stereocenters. The van der Waals surface area contributed by atoms with Crippen molar-refractivity contribution in [1.29, 1.82) is 10.5 Å². The molecule has 4 rings (SSSR count). The Bertz CT molecular complexity index is 1800. The largest absolute Gasteiger partial charge is 0.494 e. The summed E-state index contributed by atoms with van der Waals surface area (Å²) in [4.78, 5) is 41.9. The molecule has 35 heavy (non-hydrogen) atoms. The van der Waals surface area contributed by atoms with Gasteiger partial charge in [-0.3, -0.25) is 23.4 Å². The summed E-state index contributed by atoms with van der Waals surface area (Å²) in [5.41, 5.74) is 0.604. The van der Waals surface area contributed by atoms with Gasteiger partial charge in [-0.2, -0.15) is 10.5 Å². The van der Waals surface area contributed by atoms with Crippen LogP contribution in [0, 0.1) is 36.5 Å². The van der Waals surface area contributed by atoms with E-state index in [1.807, 2.05) is 6.07 Å². The number of nitriles is 2. The van der Waals surface area contributed by atoms with Crippen LogP contribution < -0.4 is 16.3 Å². The number of aromatic nitrogens is 3. The van der Waals surface area contributed by atoms with Gasteiger partial charge in [0.1, 0.15) is 24.3 Å². The fourth-order valence-corrected chi connectivity index (χ4v) is 4.06. The number of benzene rings is 1. The second-order valence-corrected chi connectivity index (χ2v) is 7.88. The van der Waals surface area contributed by atoms with Crippen LogP contribution in [0.4, 0.5) is 0 Å². The Morgan fingerprint density at radius 2 is 1.80 bits per heavy atom. The van der Waals surface area contributed by atoms with Crippen LogP contribution in [0.5, 0.6) is 5.88 Å². The van der Waals surface area contributed by atoms with Crippen LogP contribution in [-0.4, -0.2) is 31.6 Å². The van der Waals surface area contributed by atoms with E-state index in [4.69, 9.17) is 4.74 Å². The Morgan fingerprint density at radius 3 is 2.46 bits per heavy atom. The normalized spacial score (nSPS) is 11.5. The highest BCUT2D eigenvalue weighted by molar-refractivity contribution is 5.83. The molecule has 0 aliphatic carbocycles. The molecule has 0 radical (unpaired) electrons. The van der Waals surface area contributed by atoms with Crippen molar-refractivity contribution in [1.82, 2.24) is 14.0 Å². The summed E-state index contributed by atoms with van der Waals surface area (Å²) in [5.74, 6) is -1.06. The molecule has 0 saturated heterocycles. The van der Waals surface area contributed by atoms with Crippen molar-refractivity contribution in [2.45, 2.75) is 27.3 Å². The molecule has 0 aliphatic rings. The highest BCUT2D eigenvalue weighted by Crippen LogP contribution is 2.23. The number of nitrogens with zero attached hydrogens (tertiary/aromatic N) is 5. The molecule has 1 N–H and O–H groups in total. The van der Waals surface area contributed by atoms with Gasteiger partial charge in [-0.05, 0) is 43.2 Å². The molecule has 1 aromatic carbocycles. The van der Waals surface area contributed by atoms with E-state index in [0.717, 1.165) is 4.57 Å². The van der Waals surface area contributed by atoms with E-state index in [1.54, 1.807) is 31.2 Å². The zero-order chi connectivity index (χ0) is 25.4. The summed E-state index contributed by atoms with van der Waals surface area (Å²) in [7, 11) is 0. The Hall–Kier alpha value is -4.96. The van der Waals surface area contributed by atoms with Crippen molar-refractivity contribution in [3.05, 3.63) is 78.0 Å². The van der Waals surface area contributed by atoms with Crippen molar-refractivity contribution in [3.8, 4) is 18.0 Å². The third-order valence-electron chi connectivity index (χ3n) is 5.86. The lowest BCUT2D eigenvalue weighted by Gasteiger charge is -2.14. The summed E-state index contributed by atoms with van der Waals surface area (Å²) >= 11 is 0. The Morgan fingerprint density at radius 1 is 1.11 bits per heavy atom. The third-order valence-corrected chi connectivity index (χ3v) is 5.86. The number of fused-ring (bicyclic) bond motifs is 3. The van der Waals surface area contributed by atoms with Crippen LogP contribution >= 0.6 is 0 Å². The summed E-state index contributed by atoms with van der Waals surface area (Å²) in [6.45, 7) is 3.89. The fourth-order valence-electron chi connectivity index (χ4n) is 4.06. The van der Waals surface area contributed by atoms with Crippen molar-refractivity contribution in [3.63, 3.8) is 0 Å². The first-order valence-electron chi connectivity index (χ1n) is 10.6. The number of carbonyl (C=O) groups excluding carboxylic acids is 1. The van der Waals surface area contributed by atoms with E-state index in [1.165, 1.54) is 24.3 Å². The molecule has 10 nitrogen and oxygen atoms in total. The number of pyridine rings is 2. The molecule has 174 valence electrons. The van der Waals surface area contributed by atoms with Gasteiger partial charge >= 0.3 is 5.97 Å². The number of hydrogen-bond donors (Lipinski definition) is 1. The molecule has 0 atom stereocenters. The number of rotatable bonds is 4. The van der Waals surface area contributed by atoms with Gasteiger partial charge in [-0.1, -0.05) is 12.1 Å². The summed E-state index contributed by atoms with van der Waals surface area (Å²) in [6.07, 6.45) is 1.36. The van der Waals surface area contributed by atoms with Gasteiger partial charge in [0, 0.05) is 17.7 Å². The number of esters is 1. The predicted molar refractivity (Wildman–Crippen MR) is 126 cm³/mol. The minimum atomic E-state index is -0.750. The van der Waals surface area contributed by atoms with Crippen LogP contribution in [0.15, 0.2) is 33.9 Å². The minimum absolute atomic E-state index is 0.0665. The van der Waals surface area contributed by atoms with Crippen molar-refractivity contribution < 1.29 is 14.6 Å². The topological polar surface area (TPSA) is 150 Å². The maximum Gasteiger partial charge on any atom is 0.302 e. The molecule has 3 aromatic heterocycles. The van der Waals surface area contributed by atoms with Gasteiger partial charge in [0.25, 0.3) is 11.1 Å². The molecule has 0 fully saturated rings. The van der Waals surface area contributed by atoms with Crippen LogP contribution in [-0.2, 0) is 16.1 Å². The Kier molecular flexibility index (Phi) is 5.81. The first-order chi connectivity index (χ1) is 16.7. The first-order valence-corrected chi connectivity index (χ1v) is 10.6. The smallest absolute Gasteiger partial charge is 0.302 e. The van der Waals surface area contributed by atoms with E-state index < -0.39 is 23.0 Å². The minimum Gasteiger partial charge on any atom is -0.494 e. The molecule has 10 heteroatoms. The van der Waals surface area contributed by atoms with Crippen molar-refractivity contribution in [2.75, 3.05) is 6.61 Å². The van der Waals surface area contributed by atoms with Crippen LogP contribution in [0.2, 0.25) is 0 Å². The second kappa shape index (κ2) is 8.76. The van der Waals surface area contributed by atoms with Gasteiger partial charge in [-0.25, -0.2) is 4.98 Å².